The molecule has 1 heterocycles. The van der Waals surface area contributed by atoms with Gasteiger partial charge in [-0.3, -0.25) is 4.79 Å². The van der Waals surface area contributed by atoms with Gasteiger partial charge >= 0.3 is 5.97 Å². The van der Waals surface area contributed by atoms with Crippen molar-refractivity contribution in [2.45, 2.75) is 37.3 Å². The predicted octanol–water partition coefficient (Wildman–Crippen LogP) is 5.04. The smallest absolute Gasteiger partial charge is 0.316 e. The van der Waals surface area contributed by atoms with Crippen LogP contribution in [0.1, 0.15) is 35.2 Å². The number of esters is 1. The lowest BCUT2D eigenvalue weighted by atomic mass is 9.87. The predicted molar refractivity (Wildman–Crippen MR) is 120 cm³/mol. The summed E-state index contributed by atoms with van der Waals surface area (Å²) in [6.07, 6.45) is 3.85. The molecular weight excluding hydrogens is 408 g/mol. The summed E-state index contributed by atoms with van der Waals surface area (Å²) < 4.78 is 5.37. The molecule has 0 spiro atoms. The number of nitrogens with zero attached hydrogens (tertiary/aromatic N) is 2. The number of ether oxygens (including phenoxy) is 1. The molecule has 0 unspecified atom stereocenters. The molecule has 0 amide bonds. The summed E-state index contributed by atoms with van der Waals surface area (Å²) in [6, 6.07) is 18.7. The van der Waals surface area contributed by atoms with E-state index in [0.717, 1.165) is 53.6 Å². The average Bonchev–Trinajstić information content (AvgIpc) is 2.81. The molecule has 156 valence electrons. The summed E-state index contributed by atoms with van der Waals surface area (Å²) >= 11 is 1.24. The van der Waals surface area contributed by atoms with E-state index >= 15 is 0 Å². The highest BCUT2D eigenvalue weighted by atomic mass is 32.2. The van der Waals surface area contributed by atoms with Crippen LogP contribution in [0.2, 0.25) is 0 Å². The molecule has 4 rings (SSSR count). The highest BCUT2D eigenvalue weighted by Gasteiger charge is 2.23. The van der Waals surface area contributed by atoms with E-state index in [1.165, 1.54) is 11.8 Å². The lowest BCUT2D eigenvalue weighted by molar-refractivity contribution is -0.141. The van der Waals surface area contributed by atoms with Crippen LogP contribution in [0.25, 0.3) is 11.1 Å². The Morgan fingerprint density at radius 3 is 2.58 bits per heavy atom. The number of aromatic nitrogens is 1. The first kappa shape index (κ1) is 21.0. The number of fused-ring (bicyclic) bond motifs is 1. The number of phenols is 1. The maximum atomic E-state index is 12.3. The number of aromatic hydroxyl groups is 1. The number of nitriles is 1. The van der Waals surface area contributed by atoms with Crippen molar-refractivity contribution in [3.63, 3.8) is 0 Å². The van der Waals surface area contributed by atoms with Crippen molar-refractivity contribution in [3.8, 4) is 22.9 Å². The van der Waals surface area contributed by atoms with Gasteiger partial charge in [0, 0.05) is 11.3 Å². The molecule has 0 atom stereocenters. The Morgan fingerprint density at radius 2 is 1.84 bits per heavy atom. The Kier molecular flexibility index (Phi) is 6.54. The fraction of sp³-hybridized carbons (Fsp3) is 0.240. The normalized spacial score (nSPS) is 12.6. The van der Waals surface area contributed by atoms with Crippen molar-refractivity contribution < 1.29 is 14.6 Å². The van der Waals surface area contributed by atoms with Crippen molar-refractivity contribution in [1.82, 2.24) is 4.98 Å². The van der Waals surface area contributed by atoms with Crippen molar-refractivity contribution in [1.29, 1.82) is 5.26 Å². The van der Waals surface area contributed by atoms with Gasteiger partial charge < -0.3 is 9.84 Å². The van der Waals surface area contributed by atoms with Gasteiger partial charge in [-0.05, 0) is 54.5 Å². The van der Waals surface area contributed by atoms with Gasteiger partial charge in [-0.25, -0.2) is 4.98 Å². The molecule has 6 heteroatoms. The lowest BCUT2D eigenvalue weighted by Gasteiger charge is -2.22. The second kappa shape index (κ2) is 9.67. The summed E-state index contributed by atoms with van der Waals surface area (Å²) in [5, 5.41) is 20.2. The number of rotatable bonds is 6. The molecule has 5 nitrogen and oxygen atoms in total. The molecule has 2 aromatic carbocycles. The van der Waals surface area contributed by atoms with Crippen LogP contribution in [-0.2, 0) is 29.0 Å². The highest BCUT2D eigenvalue weighted by molar-refractivity contribution is 7.99. The molecule has 3 aromatic rings. The zero-order valence-electron chi connectivity index (χ0n) is 17.0. The van der Waals surface area contributed by atoms with Crippen molar-refractivity contribution in [3.05, 3.63) is 77.0 Å². The zero-order chi connectivity index (χ0) is 21.6. The van der Waals surface area contributed by atoms with E-state index in [-0.39, 0.29) is 24.1 Å². The number of thioether (sulfide) groups is 1. The quantitative estimate of drug-likeness (QED) is 0.436. The van der Waals surface area contributed by atoms with Gasteiger partial charge in [0.2, 0.25) is 0 Å². The van der Waals surface area contributed by atoms with Crippen LogP contribution in [0.3, 0.4) is 0 Å². The molecule has 31 heavy (non-hydrogen) atoms. The number of pyridine rings is 1. The van der Waals surface area contributed by atoms with Crippen LogP contribution >= 0.6 is 11.8 Å². The molecule has 0 fully saturated rings. The number of phenolic OH excluding ortho intramolecular Hbond substituents is 1. The summed E-state index contributed by atoms with van der Waals surface area (Å²) in [5.74, 6) is -0.0770. The van der Waals surface area contributed by atoms with Crippen LogP contribution in [0, 0.1) is 11.3 Å². The summed E-state index contributed by atoms with van der Waals surface area (Å²) in [7, 11) is 0. The summed E-state index contributed by atoms with van der Waals surface area (Å²) in [5.41, 5.74) is 5.25. The van der Waals surface area contributed by atoms with Crippen molar-refractivity contribution in [2.24, 2.45) is 0 Å². The third-order valence-electron chi connectivity index (χ3n) is 5.28. The van der Waals surface area contributed by atoms with Gasteiger partial charge in [0.15, 0.2) is 0 Å². The van der Waals surface area contributed by atoms with Crippen molar-refractivity contribution >= 4 is 17.7 Å². The van der Waals surface area contributed by atoms with Gasteiger partial charge in [0.1, 0.15) is 23.5 Å². The number of carbonyl (C=O) groups is 1. The Bertz CT molecular complexity index is 1120. The number of benzene rings is 2. The Morgan fingerprint density at radius 1 is 1.10 bits per heavy atom. The maximum absolute atomic E-state index is 12.3. The van der Waals surface area contributed by atoms with E-state index in [4.69, 9.17) is 9.72 Å². The van der Waals surface area contributed by atoms with E-state index in [2.05, 4.69) is 6.07 Å². The summed E-state index contributed by atoms with van der Waals surface area (Å²) in [4.78, 5) is 17.1. The van der Waals surface area contributed by atoms with E-state index < -0.39 is 0 Å². The Balaban J connectivity index is 1.59. The van der Waals surface area contributed by atoms with E-state index in [1.54, 1.807) is 12.1 Å². The van der Waals surface area contributed by atoms with E-state index in [1.807, 2.05) is 42.5 Å². The first-order chi connectivity index (χ1) is 15.2. The van der Waals surface area contributed by atoms with E-state index in [9.17, 15) is 15.2 Å². The molecule has 0 bridgehead atoms. The number of aryl methyl sites for hydroxylation is 1. The first-order valence-electron chi connectivity index (χ1n) is 10.2. The third-order valence-corrected chi connectivity index (χ3v) is 6.23. The fourth-order valence-electron chi connectivity index (χ4n) is 3.78. The molecule has 1 N–H and O–H groups in total. The van der Waals surface area contributed by atoms with Crippen molar-refractivity contribution in [2.75, 3.05) is 5.75 Å². The zero-order valence-corrected chi connectivity index (χ0v) is 17.8. The lowest BCUT2D eigenvalue weighted by Crippen LogP contribution is -2.12. The fourth-order valence-corrected chi connectivity index (χ4v) is 4.58. The minimum atomic E-state index is -0.344. The van der Waals surface area contributed by atoms with Crippen LogP contribution in [-0.4, -0.2) is 21.8 Å². The Hall–Kier alpha value is -3.30. The number of hydrogen-bond acceptors (Lipinski definition) is 6. The van der Waals surface area contributed by atoms with Gasteiger partial charge in [-0.15, -0.1) is 0 Å². The van der Waals surface area contributed by atoms with Gasteiger partial charge in [-0.2, -0.15) is 5.26 Å². The van der Waals surface area contributed by atoms with Crippen LogP contribution in [0.4, 0.5) is 0 Å². The minimum Gasteiger partial charge on any atom is -0.508 e. The van der Waals surface area contributed by atoms with E-state index in [0.29, 0.717) is 10.6 Å². The number of hydrogen-bond donors (Lipinski definition) is 1. The monoisotopic (exact) mass is 430 g/mol. The standard InChI is InChI=1S/C25H22N2O3S/c26-14-21-24(18-10-12-19(28)13-11-18)20-8-4-5-9-22(20)27-25(21)31-16-23(29)30-15-17-6-2-1-3-7-17/h1-3,6-7,10-13,28H,4-5,8-9,15-16H2. The molecular formula is C25H22N2O3S. The largest absolute Gasteiger partial charge is 0.508 e. The SMILES string of the molecule is N#Cc1c(SCC(=O)OCc2ccccc2)nc2c(c1-c1ccc(O)cc1)CCCC2. The van der Waals surface area contributed by atoms with Crippen LogP contribution in [0.5, 0.6) is 5.75 Å². The molecule has 0 saturated heterocycles. The Labute approximate surface area is 185 Å². The van der Waals surface area contributed by atoms with Gasteiger partial charge in [0.05, 0.1) is 11.3 Å². The molecule has 1 aliphatic carbocycles. The second-order valence-electron chi connectivity index (χ2n) is 7.39. The van der Waals surface area contributed by atoms with Gasteiger partial charge in [-0.1, -0.05) is 54.2 Å². The summed E-state index contributed by atoms with van der Waals surface area (Å²) in [6.45, 7) is 0.224. The average molecular weight is 431 g/mol. The van der Waals surface area contributed by atoms with Crippen LogP contribution < -0.4 is 0 Å². The van der Waals surface area contributed by atoms with Crippen LogP contribution in [0.15, 0.2) is 59.6 Å². The molecule has 0 saturated carbocycles. The molecule has 0 aliphatic heterocycles. The second-order valence-corrected chi connectivity index (χ2v) is 8.36. The third kappa shape index (κ3) is 4.89. The minimum absolute atomic E-state index is 0.0856. The highest BCUT2D eigenvalue weighted by Crippen LogP contribution is 2.38. The molecule has 1 aliphatic rings. The molecule has 0 radical (unpaired) electrons. The molecule has 1 aromatic heterocycles. The van der Waals surface area contributed by atoms with Gasteiger partial charge in [0.25, 0.3) is 0 Å². The first-order valence-corrected chi connectivity index (χ1v) is 11.2. The maximum Gasteiger partial charge on any atom is 0.316 e. The number of carbonyl (C=O) groups excluding carboxylic acids is 1. The topological polar surface area (TPSA) is 83.2 Å².